The molecule has 0 atom stereocenters. The molecule has 0 saturated carbocycles. The Labute approximate surface area is 140 Å². The maximum Gasteiger partial charge on any atom is 0.329 e. The second kappa shape index (κ2) is 6.06. The van der Waals surface area contributed by atoms with Gasteiger partial charge in [-0.05, 0) is 46.6 Å². The van der Waals surface area contributed by atoms with Crippen molar-refractivity contribution in [2.24, 2.45) is 0 Å². The number of nitrogens with zero attached hydrogens (tertiary/aromatic N) is 1. The fraction of sp³-hybridized carbons (Fsp3) is 0.125. The van der Waals surface area contributed by atoms with Gasteiger partial charge >= 0.3 is 6.03 Å². The normalized spacial score (nSPS) is 16.5. The van der Waals surface area contributed by atoms with E-state index < -0.39 is 0 Å². The molecule has 3 amide bonds. The van der Waals surface area contributed by atoms with E-state index >= 15 is 0 Å². The van der Waals surface area contributed by atoms with Gasteiger partial charge in [-0.15, -0.1) is 11.3 Å². The topological polar surface area (TPSA) is 49.4 Å². The molecule has 0 aliphatic carbocycles. The minimum Gasteiger partial charge on any atom is -0.303 e. The quantitative estimate of drug-likeness (QED) is 0.651. The summed E-state index contributed by atoms with van der Waals surface area (Å²) in [6.07, 6.45) is 1.70. The van der Waals surface area contributed by atoms with Crippen LogP contribution in [0.3, 0.4) is 0 Å². The molecule has 1 saturated heterocycles. The number of amides is 3. The highest BCUT2D eigenvalue weighted by Gasteiger charge is 2.33. The Bertz CT molecular complexity index is 782. The molecule has 0 bridgehead atoms. The van der Waals surface area contributed by atoms with Crippen LogP contribution in [0.5, 0.6) is 0 Å². The SMILES string of the molecule is Cc1cccc(CN2C(=O)N/C(=C/c3ccc(Br)s3)C2=O)c1. The lowest BCUT2D eigenvalue weighted by Crippen LogP contribution is -2.30. The molecule has 1 aliphatic rings. The van der Waals surface area contributed by atoms with E-state index in [0.29, 0.717) is 5.70 Å². The lowest BCUT2D eigenvalue weighted by molar-refractivity contribution is -0.123. The van der Waals surface area contributed by atoms with Gasteiger partial charge in [-0.2, -0.15) is 0 Å². The Kier molecular flexibility index (Phi) is 4.13. The number of carbonyl (C=O) groups excluding carboxylic acids is 2. The molecule has 3 rings (SSSR count). The minimum atomic E-state index is -0.381. The van der Waals surface area contributed by atoms with E-state index in [-0.39, 0.29) is 18.5 Å². The van der Waals surface area contributed by atoms with Gasteiger partial charge in [-0.25, -0.2) is 4.79 Å². The number of urea groups is 1. The molecule has 1 aromatic carbocycles. The van der Waals surface area contributed by atoms with Crippen molar-refractivity contribution < 1.29 is 9.59 Å². The molecule has 0 spiro atoms. The van der Waals surface area contributed by atoms with Crippen molar-refractivity contribution in [1.82, 2.24) is 10.2 Å². The molecule has 112 valence electrons. The molecule has 1 aromatic heterocycles. The van der Waals surface area contributed by atoms with Crippen molar-refractivity contribution in [3.63, 3.8) is 0 Å². The number of carbonyl (C=O) groups is 2. The van der Waals surface area contributed by atoms with Gasteiger partial charge in [0.1, 0.15) is 5.70 Å². The van der Waals surface area contributed by atoms with Gasteiger partial charge in [0.2, 0.25) is 0 Å². The van der Waals surface area contributed by atoms with Crippen molar-refractivity contribution in [2.75, 3.05) is 0 Å². The van der Waals surface area contributed by atoms with Crippen LogP contribution < -0.4 is 5.32 Å². The second-order valence-corrected chi connectivity index (χ2v) is 7.50. The Hall–Kier alpha value is -1.92. The number of aryl methyl sites for hydroxylation is 1. The van der Waals surface area contributed by atoms with Gasteiger partial charge in [-0.3, -0.25) is 9.69 Å². The van der Waals surface area contributed by atoms with E-state index in [0.717, 1.165) is 19.8 Å². The lowest BCUT2D eigenvalue weighted by Gasteiger charge is -2.12. The van der Waals surface area contributed by atoms with Crippen LogP contribution in [0.1, 0.15) is 16.0 Å². The summed E-state index contributed by atoms with van der Waals surface area (Å²) in [5.74, 6) is -0.295. The van der Waals surface area contributed by atoms with Crippen LogP contribution in [-0.2, 0) is 11.3 Å². The van der Waals surface area contributed by atoms with Crippen LogP contribution in [0.2, 0.25) is 0 Å². The Morgan fingerprint density at radius 1 is 1.27 bits per heavy atom. The monoisotopic (exact) mass is 376 g/mol. The van der Waals surface area contributed by atoms with Crippen molar-refractivity contribution in [3.8, 4) is 0 Å². The summed E-state index contributed by atoms with van der Waals surface area (Å²) < 4.78 is 0.979. The molecular weight excluding hydrogens is 364 g/mol. The number of thiophene rings is 1. The summed E-state index contributed by atoms with van der Waals surface area (Å²) >= 11 is 4.88. The molecule has 6 heteroatoms. The largest absolute Gasteiger partial charge is 0.329 e. The number of rotatable bonds is 3. The zero-order chi connectivity index (χ0) is 15.7. The molecule has 1 fully saturated rings. The Morgan fingerprint density at radius 3 is 2.77 bits per heavy atom. The number of halogens is 1. The molecule has 2 heterocycles. The lowest BCUT2D eigenvalue weighted by atomic mass is 10.1. The van der Waals surface area contributed by atoms with Crippen molar-refractivity contribution in [2.45, 2.75) is 13.5 Å². The summed E-state index contributed by atoms with van der Waals surface area (Å²) in [4.78, 5) is 26.5. The first-order valence-corrected chi connectivity index (χ1v) is 8.29. The molecule has 0 radical (unpaired) electrons. The molecule has 22 heavy (non-hydrogen) atoms. The number of hydrogen-bond donors (Lipinski definition) is 1. The van der Waals surface area contributed by atoms with Crippen LogP contribution in [0.4, 0.5) is 4.79 Å². The third kappa shape index (κ3) is 3.13. The van der Waals surface area contributed by atoms with E-state index in [9.17, 15) is 9.59 Å². The smallest absolute Gasteiger partial charge is 0.303 e. The van der Waals surface area contributed by atoms with Crippen molar-refractivity contribution >= 4 is 45.3 Å². The first kappa shape index (κ1) is 15.0. The van der Waals surface area contributed by atoms with Crippen LogP contribution in [0.15, 0.2) is 45.9 Å². The van der Waals surface area contributed by atoms with Gasteiger partial charge in [-0.1, -0.05) is 29.8 Å². The molecule has 2 aromatic rings. The number of nitrogens with one attached hydrogen (secondary N) is 1. The third-order valence-corrected chi connectivity index (χ3v) is 4.84. The predicted octanol–water partition coefficient (Wildman–Crippen LogP) is 3.91. The van der Waals surface area contributed by atoms with E-state index in [1.165, 1.54) is 16.2 Å². The fourth-order valence-corrected chi connectivity index (χ4v) is 3.62. The maximum atomic E-state index is 12.4. The van der Waals surface area contributed by atoms with E-state index in [1.54, 1.807) is 6.08 Å². The first-order valence-electron chi connectivity index (χ1n) is 6.68. The van der Waals surface area contributed by atoms with Crippen LogP contribution in [0.25, 0.3) is 6.08 Å². The summed E-state index contributed by atoms with van der Waals surface area (Å²) in [5.41, 5.74) is 2.35. The van der Waals surface area contributed by atoms with E-state index in [4.69, 9.17) is 0 Å². The number of benzene rings is 1. The molecule has 4 nitrogen and oxygen atoms in total. The third-order valence-electron chi connectivity index (χ3n) is 3.27. The summed E-state index contributed by atoms with van der Waals surface area (Å²) in [5, 5.41) is 2.64. The van der Waals surface area contributed by atoms with Gasteiger partial charge in [0.25, 0.3) is 5.91 Å². The zero-order valence-corrected chi connectivity index (χ0v) is 14.2. The predicted molar refractivity (Wildman–Crippen MR) is 90.3 cm³/mol. The van der Waals surface area contributed by atoms with Crippen molar-refractivity contribution in [3.05, 3.63) is 61.9 Å². The maximum absolute atomic E-state index is 12.4. The zero-order valence-electron chi connectivity index (χ0n) is 11.8. The van der Waals surface area contributed by atoms with E-state index in [1.807, 2.05) is 43.3 Å². The number of hydrogen-bond acceptors (Lipinski definition) is 3. The van der Waals surface area contributed by atoms with E-state index in [2.05, 4.69) is 21.2 Å². The molecule has 0 unspecified atom stereocenters. The summed E-state index contributed by atoms with van der Waals surface area (Å²) in [6.45, 7) is 2.26. The van der Waals surface area contributed by atoms with Crippen LogP contribution >= 0.6 is 27.3 Å². The average Bonchev–Trinajstić information content (AvgIpc) is 2.98. The standard InChI is InChI=1S/C16H13BrN2O2S/c1-10-3-2-4-11(7-10)9-19-15(20)13(18-16(19)21)8-12-5-6-14(17)22-12/h2-8H,9H2,1H3,(H,18,21)/b13-8+. The molecule has 1 N–H and O–H groups in total. The first-order chi connectivity index (χ1) is 10.5. The summed E-state index contributed by atoms with van der Waals surface area (Å²) in [6, 6.07) is 11.2. The Balaban J connectivity index is 1.81. The number of imide groups is 1. The second-order valence-electron chi connectivity index (χ2n) is 5.01. The molecular formula is C16H13BrN2O2S. The van der Waals surface area contributed by atoms with Crippen LogP contribution in [0, 0.1) is 6.92 Å². The Morgan fingerprint density at radius 2 is 2.09 bits per heavy atom. The highest BCUT2D eigenvalue weighted by atomic mass is 79.9. The van der Waals surface area contributed by atoms with Crippen molar-refractivity contribution in [1.29, 1.82) is 0 Å². The van der Waals surface area contributed by atoms with Gasteiger partial charge in [0, 0.05) is 4.88 Å². The fourth-order valence-electron chi connectivity index (χ4n) is 2.26. The highest BCUT2D eigenvalue weighted by molar-refractivity contribution is 9.11. The average molecular weight is 377 g/mol. The van der Waals surface area contributed by atoms with Crippen LogP contribution in [-0.4, -0.2) is 16.8 Å². The molecule has 1 aliphatic heterocycles. The highest BCUT2D eigenvalue weighted by Crippen LogP contribution is 2.25. The van der Waals surface area contributed by atoms with Gasteiger partial charge in [0.15, 0.2) is 0 Å². The van der Waals surface area contributed by atoms with Gasteiger partial charge in [0.05, 0.1) is 10.3 Å². The van der Waals surface area contributed by atoms with Gasteiger partial charge < -0.3 is 5.32 Å². The minimum absolute atomic E-state index is 0.276. The summed E-state index contributed by atoms with van der Waals surface area (Å²) in [7, 11) is 0.